The van der Waals surface area contributed by atoms with Crippen LogP contribution in [0.1, 0.15) is 11.7 Å². The highest BCUT2D eigenvalue weighted by Gasteiger charge is 2.21. The number of hydrogen-bond acceptors (Lipinski definition) is 4. The zero-order valence-corrected chi connectivity index (χ0v) is 13.0. The van der Waals surface area contributed by atoms with Crippen LogP contribution < -0.4 is 10.6 Å². The van der Waals surface area contributed by atoms with Crippen molar-refractivity contribution >= 4 is 23.2 Å². The third kappa shape index (κ3) is 4.80. The summed E-state index contributed by atoms with van der Waals surface area (Å²) in [6, 6.07) is 10.6. The molecule has 0 fully saturated rings. The molecule has 2 rings (SSSR count). The number of halogens is 1. The predicted octanol–water partition coefficient (Wildman–Crippen LogP) is 2.65. The highest BCUT2D eigenvalue weighted by molar-refractivity contribution is 6.30. The standard InChI is InChI=1S/C16H18ClN3O2/c1-18-8-9-22-15(12-4-2-5-13(17)10-12)16(21)20-14-6-3-7-19-11-14/h2-7,10-11,15,18H,8-9H2,1H3,(H,20,21). The van der Waals surface area contributed by atoms with Crippen LogP contribution in [-0.2, 0) is 9.53 Å². The van der Waals surface area contributed by atoms with Gasteiger partial charge in [0.05, 0.1) is 18.5 Å². The molecule has 0 spiro atoms. The molecule has 0 saturated heterocycles. The third-order valence-corrected chi connectivity index (χ3v) is 3.19. The van der Waals surface area contributed by atoms with Crippen molar-refractivity contribution < 1.29 is 9.53 Å². The molecule has 6 heteroatoms. The fourth-order valence-corrected chi connectivity index (χ4v) is 2.12. The van der Waals surface area contributed by atoms with Crippen LogP contribution in [0.15, 0.2) is 48.8 Å². The van der Waals surface area contributed by atoms with Crippen LogP contribution in [-0.4, -0.2) is 31.1 Å². The molecule has 0 saturated carbocycles. The second-order valence-electron chi connectivity index (χ2n) is 4.64. The number of aromatic nitrogens is 1. The number of ether oxygens (including phenoxy) is 1. The van der Waals surface area contributed by atoms with E-state index in [9.17, 15) is 4.79 Å². The molecule has 0 aliphatic rings. The van der Waals surface area contributed by atoms with E-state index in [4.69, 9.17) is 16.3 Å². The minimum absolute atomic E-state index is 0.258. The maximum Gasteiger partial charge on any atom is 0.258 e. The van der Waals surface area contributed by atoms with Crippen LogP contribution in [0.2, 0.25) is 5.02 Å². The van der Waals surface area contributed by atoms with Gasteiger partial charge in [0.25, 0.3) is 5.91 Å². The number of amides is 1. The van der Waals surface area contributed by atoms with Gasteiger partial charge in [-0.3, -0.25) is 9.78 Å². The average Bonchev–Trinajstić information content (AvgIpc) is 2.52. The number of nitrogens with zero attached hydrogens (tertiary/aromatic N) is 1. The van der Waals surface area contributed by atoms with Crippen molar-refractivity contribution in [3.8, 4) is 0 Å². The monoisotopic (exact) mass is 319 g/mol. The topological polar surface area (TPSA) is 63.2 Å². The maximum absolute atomic E-state index is 12.5. The smallest absolute Gasteiger partial charge is 0.258 e. The molecule has 0 bridgehead atoms. The van der Waals surface area contributed by atoms with Gasteiger partial charge in [0, 0.05) is 17.8 Å². The highest BCUT2D eigenvalue weighted by Crippen LogP contribution is 2.22. The van der Waals surface area contributed by atoms with Crippen LogP contribution in [0, 0.1) is 0 Å². The van der Waals surface area contributed by atoms with Crippen molar-refractivity contribution in [1.29, 1.82) is 0 Å². The molecule has 0 aliphatic heterocycles. The minimum atomic E-state index is -0.729. The second kappa shape index (κ2) is 8.48. The molecule has 1 heterocycles. The summed E-state index contributed by atoms with van der Waals surface area (Å²) in [6.45, 7) is 1.06. The Labute approximate surface area is 134 Å². The summed E-state index contributed by atoms with van der Waals surface area (Å²) in [7, 11) is 1.83. The Morgan fingerprint density at radius 2 is 2.23 bits per heavy atom. The molecule has 1 atom stereocenters. The zero-order valence-electron chi connectivity index (χ0n) is 12.3. The first kappa shape index (κ1) is 16.4. The Balaban J connectivity index is 2.14. The van der Waals surface area contributed by atoms with Crippen LogP contribution in [0.3, 0.4) is 0 Å². The van der Waals surface area contributed by atoms with Gasteiger partial charge in [-0.05, 0) is 36.9 Å². The van der Waals surface area contributed by atoms with E-state index < -0.39 is 6.10 Å². The zero-order chi connectivity index (χ0) is 15.8. The first-order valence-electron chi connectivity index (χ1n) is 6.93. The van der Waals surface area contributed by atoms with Crippen LogP contribution in [0.4, 0.5) is 5.69 Å². The predicted molar refractivity (Wildman–Crippen MR) is 86.9 cm³/mol. The highest BCUT2D eigenvalue weighted by atomic mass is 35.5. The van der Waals surface area contributed by atoms with Gasteiger partial charge in [-0.15, -0.1) is 0 Å². The summed E-state index contributed by atoms with van der Waals surface area (Å²) in [5, 5.41) is 6.34. The number of rotatable bonds is 7. The molecule has 22 heavy (non-hydrogen) atoms. The van der Waals surface area contributed by atoms with Gasteiger partial charge < -0.3 is 15.4 Å². The van der Waals surface area contributed by atoms with Crippen molar-refractivity contribution in [2.75, 3.05) is 25.5 Å². The Morgan fingerprint density at radius 3 is 2.91 bits per heavy atom. The van der Waals surface area contributed by atoms with E-state index >= 15 is 0 Å². The molecule has 2 aromatic rings. The van der Waals surface area contributed by atoms with Crippen LogP contribution in [0.25, 0.3) is 0 Å². The van der Waals surface area contributed by atoms with E-state index in [0.717, 1.165) is 0 Å². The lowest BCUT2D eigenvalue weighted by Crippen LogP contribution is -2.26. The summed E-state index contributed by atoms with van der Waals surface area (Å²) in [6.07, 6.45) is 2.50. The number of anilines is 1. The SMILES string of the molecule is CNCCOC(C(=O)Nc1cccnc1)c1cccc(Cl)c1. The van der Waals surface area contributed by atoms with Crippen molar-refractivity contribution in [1.82, 2.24) is 10.3 Å². The Kier molecular flexibility index (Phi) is 6.33. The molecule has 5 nitrogen and oxygen atoms in total. The van der Waals surface area contributed by atoms with E-state index in [2.05, 4.69) is 15.6 Å². The van der Waals surface area contributed by atoms with Gasteiger partial charge in [0.15, 0.2) is 6.10 Å². The molecule has 0 aliphatic carbocycles. The summed E-state index contributed by atoms with van der Waals surface area (Å²) >= 11 is 6.01. The fraction of sp³-hybridized carbons (Fsp3) is 0.250. The summed E-state index contributed by atoms with van der Waals surface area (Å²) in [5.41, 5.74) is 1.33. The van der Waals surface area contributed by atoms with Crippen molar-refractivity contribution in [3.63, 3.8) is 0 Å². The third-order valence-electron chi connectivity index (χ3n) is 2.96. The second-order valence-corrected chi connectivity index (χ2v) is 5.08. The quantitative estimate of drug-likeness (QED) is 0.770. The number of benzene rings is 1. The van der Waals surface area contributed by atoms with Gasteiger partial charge >= 0.3 is 0 Å². The lowest BCUT2D eigenvalue weighted by molar-refractivity contribution is -0.127. The Morgan fingerprint density at radius 1 is 1.36 bits per heavy atom. The van der Waals surface area contributed by atoms with E-state index in [1.54, 1.807) is 42.7 Å². The first-order chi connectivity index (χ1) is 10.7. The number of nitrogens with one attached hydrogen (secondary N) is 2. The number of hydrogen-bond donors (Lipinski definition) is 2. The summed E-state index contributed by atoms with van der Waals surface area (Å²) in [4.78, 5) is 16.5. The molecule has 1 amide bonds. The molecule has 1 aromatic carbocycles. The molecule has 0 radical (unpaired) electrons. The van der Waals surface area contributed by atoms with Gasteiger partial charge in [0.2, 0.25) is 0 Å². The van der Waals surface area contributed by atoms with Gasteiger partial charge in [0.1, 0.15) is 0 Å². The summed E-state index contributed by atoms with van der Waals surface area (Å²) in [5.74, 6) is -0.258. The van der Waals surface area contributed by atoms with Crippen LogP contribution >= 0.6 is 11.6 Å². The van der Waals surface area contributed by atoms with Crippen LogP contribution in [0.5, 0.6) is 0 Å². The van der Waals surface area contributed by atoms with Crippen molar-refractivity contribution in [2.45, 2.75) is 6.10 Å². The lowest BCUT2D eigenvalue weighted by Gasteiger charge is -2.18. The minimum Gasteiger partial charge on any atom is -0.362 e. The van der Waals surface area contributed by atoms with Gasteiger partial charge in [-0.25, -0.2) is 0 Å². The molecular formula is C16H18ClN3O2. The Hall–Kier alpha value is -1.95. The van der Waals surface area contributed by atoms with E-state index in [1.165, 1.54) is 0 Å². The fourth-order valence-electron chi connectivity index (χ4n) is 1.92. The molecule has 1 unspecified atom stereocenters. The lowest BCUT2D eigenvalue weighted by atomic mass is 10.1. The Bertz CT molecular complexity index is 607. The van der Waals surface area contributed by atoms with E-state index in [0.29, 0.717) is 29.4 Å². The van der Waals surface area contributed by atoms with Crippen molar-refractivity contribution in [2.24, 2.45) is 0 Å². The number of pyridine rings is 1. The summed E-state index contributed by atoms with van der Waals surface area (Å²) < 4.78 is 5.70. The number of likely N-dealkylation sites (N-methyl/N-ethyl adjacent to an activating group) is 1. The first-order valence-corrected chi connectivity index (χ1v) is 7.31. The van der Waals surface area contributed by atoms with Crippen molar-refractivity contribution in [3.05, 3.63) is 59.4 Å². The van der Waals surface area contributed by atoms with Gasteiger partial charge in [-0.1, -0.05) is 23.7 Å². The largest absolute Gasteiger partial charge is 0.362 e. The molecular weight excluding hydrogens is 302 g/mol. The molecule has 1 aromatic heterocycles. The molecule has 2 N–H and O–H groups in total. The van der Waals surface area contributed by atoms with E-state index in [-0.39, 0.29) is 5.91 Å². The van der Waals surface area contributed by atoms with E-state index in [1.807, 2.05) is 13.1 Å². The number of carbonyl (C=O) groups is 1. The average molecular weight is 320 g/mol. The molecule has 116 valence electrons. The van der Waals surface area contributed by atoms with Gasteiger partial charge in [-0.2, -0.15) is 0 Å². The number of carbonyl (C=O) groups excluding carboxylic acids is 1. The normalized spacial score (nSPS) is 11.9. The maximum atomic E-state index is 12.5.